The molecule has 0 fully saturated rings. The number of aromatic nitrogens is 2. The molecule has 2 aromatic heterocycles. The van der Waals surface area contributed by atoms with Crippen LogP contribution < -0.4 is 5.73 Å². The maximum absolute atomic E-state index is 5.75. The maximum Gasteiger partial charge on any atom is 0.247 e. The predicted octanol–water partition coefficient (Wildman–Crippen LogP) is 2.31. The van der Waals surface area contributed by atoms with Gasteiger partial charge >= 0.3 is 0 Å². The van der Waals surface area contributed by atoms with Crippen molar-refractivity contribution in [3.05, 3.63) is 17.7 Å². The molecule has 0 atom stereocenters. The smallest absolute Gasteiger partial charge is 0.247 e. The van der Waals surface area contributed by atoms with Crippen molar-refractivity contribution in [1.82, 2.24) is 9.97 Å². The fraction of sp³-hybridized carbons (Fsp3) is 0.455. The van der Waals surface area contributed by atoms with Gasteiger partial charge in [-0.1, -0.05) is 13.8 Å². The lowest BCUT2D eigenvalue weighted by atomic mass is 10.1. The van der Waals surface area contributed by atoms with Crippen molar-refractivity contribution in [2.75, 3.05) is 5.73 Å². The second-order valence-corrected chi connectivity index (χ2v) is 4.19. The Hall–Kier alpha value is -1.58. The van der Waals surface area contributed by atoms with E-state index < -0.39 is 0 Å². The summed E-state index contributed by atoms with van der Waals surface area (Å²) in [7, 11) is 0. The van der Waals surface area contributed by atoms with Crippen LogP contribution in [0.1, 0.15) is 25.4 Å². The number of hydrogen-bond donors (Lipinski definition) is 1. The number of anilines is 1. The van der Waals surface area contributed by atoms with Crippen molar-refractivity contribution >= 4 is 16.9 Å². The number of fused-ring (bicyclic) bond motifs is 1. The quantitative estimate of drug-likeness (QED) is 0.817. The van der Waals surface area contributed by atoms with E-state index in [-0.39, 0.29) is 0 Å². The maximum atomic E-state index is 5.75. The highest BCUT2D eigenvalue weighted by atomic mass is 16.4. The molecule has 2 heterocycles. The topological polar surface area (TPSA) is 64.9 Å². The first kappa shape index (κ1) is 9.96. The van der Waals surface area contributed by atoms with Gasteiger partial charge in [0.2, 0.25) is 5.71 Å². The number of hydrogen-bond acceptors (Lipinski definition) is 4. The van der Waals surface area contributed by atoms with E-state index >= 15 is 0 Å². The van der Waals surface area contributed by atoms with Gasteiger partial charge in [-0.3, -0.25) is 0 Å². The SMILES string of the molecule is Cc1nc2oc(CC(C)C)nc2cc1N. The van der Waals surface area contributed by atoms with Crippen molar-refractivity contribution in [2.45, 2.75) is 27.2 Å². The van der Waals surface area contributed by atoms with Crippen LogP contribution in [0.3, 0.4) is 0 Å². The lowest BCUT2D eigenvalue weighted by Crippen LogP contribution is -1.93. The average Bonchev–Trinajstić information content (AvgIpc) is 2.46. The summed E-state index contributed by atoms with van der Waals surface area (Å²) in [6.45, 7) is 6.11. The van der Waals surface area contributed by atoms with Gasteiger partial charge in [-0.25, -0.2) is 9.97 Å². The van der Waals surface area contributed by atoms with E-state index in [4.69, 9.17) is 10.2 Å². The molecule has 2 rings (SSSR count). The summed E-state index contributed by atoms with van der Waals surface area (Å²) >= 11 is 0. The Kier molecular flexibility index (Phi) is 2.34. The Morgan fingerprint density at radius 2 is 2.13 bits per heavy atom. The zero-order chi connectivity index (χ0) is 11.0. The summed E-state index contributed by atoms with van der Waals surface area (Å²) in [5.74, 6) is 1.26. The van der Waals surface area contributed by atoms with Gasteiger partial charge in [0.25, 0.3) is 0 Å². The van der Waals surface area contributed by atoms with Crippen LogP contribution in [0.4, 0.5) is 5.69 Å². The standard InChI is InChI=1S/C11H15N3O/c1-6(2)4-10-14-9-5-8(12)7(3)13-11(9)15-10/h5-6H,4,12H2,1-3H3. The number of nitrogen functional groups attached to an aromatic ring is 1. The highest BCUT2D eigenvalue weighted by molar-refractivity contribution is 5.73. The molecule has 4 nitrogen and oxygen atoms in total. The molecule has 0 aliphatic heterocycles. The Balaban J connectivity index is 2.47. The molecular weight excluding hydrogens is 190 g/mol. The van der Waals surface area contributed by atoms with Gasteiger partial charge in [0.1, 0.15) is 5.52 Å². The third-order valence-electron chi connectivity index (χ3n) is 2.24. The summed E-state index contributed by atoms with van der Waals surface area (Å²) in [5, 5.41) is 0. The van der Waals surface area contributed by atoms with Crippen LogP contribution in [0.15, 0.2) is 10.5 Å². The molecule has 0 saturated heterocycles. The lowest BCUT2D eigenvalue weighted by molar-refractivity contribution is 0.477. The largest absolute Gasteiger partial charge is 0.422 e. The van der Waals surface area contributed by atoms with Gasteiger partial charge in [-0.15, -0.1) is 0 Å². The van der Waals surface area contributed by atoms with Gasteiger partial charge in [0, 0.05) is 6.42 Å². The van der Waals surface area contributed by atoms with Gasteiger partial charge in [-0.2, -0.15) is 0 Å². The molecule has 2 aromatic rings. The molecule has 2 N–H and O–H groups in total. The molecule has 0 radical (unpaired) electrons. The first-order valence-electron chi connectivity index (χ1n) is 5.09. The molecule has 0 unspecified atom stereocenters. The molecule has 0 aliphatic rings. The van der Waals surface area contributed by atoms with Crippen LogP contribution in [-0.2, 0) is 6.42 Å². The van der Waals surface area contributed by atoms with E-state index in [0.717, 1.165) is 23.5 Å². The van der Waals surface area contributed by atoms with E-state index in [1.807, 2.05) is 13.0 Å². The second-order valence-electron chi connectivity index (χ2n) is 4.19. The Morgan fingerprint density at radius 1 is 1.40 bits per heavy atom. The molecule has 0 saturated carbocycles. The lowest BCUT2D eigenvalue weighted by Gasteiger charge is -1.96. The number of nitrogens with two attached hydrogens (primary N) is 1. The monoisotopic (exact) mass is 205 g/mol. The van der Waals surface area contributed by atoms with Crippen molar-refractivity contribution in [3.63, 3.8) is 0 Å². The zero-order valence-corrected chi connectivity index (χ0v) is 9.24. The van der Waals surface area contributed by atoms with Crippen LogP contribution in [-0.4, -0.2) is 9.97 Å². The first-order chi connectivity index (χ1) is 7.06. The number of pyridine rings is 1. The molecule has 15 heavy (non-hydrogen) atoms. The molecule has 0 amide bonds. The summed E-state index contributed by atoms with van der Waals surface area (Å²) < 4.78 is 5.54. The van der Waals surface area contributed by atoms with Crippen LogP contribution in [0.2, 0.25) is 0 Å². The van der Waals surface area contributed by atoms with E-state index in [9.17, 15) is 0 Å². The molecule has 80 valence electrons. The predicted molar refractivity (Wildman–Crippen MR) is 59.5 cm³/mol. The number of rotatable bonds is 2. The zero-order valence-electron chi connectivity index (χ0n) is 9.24. The second kappa shape index (κ2) is 3.53. The Labute approximate surface area is 88.5 Å². The van der Waals surface area contributed by atoms with Gasteiger partial charge in [0.05, 0.1) is 11.4 Å². The molecular formula is C11H15N3O. The molecule has 0 aromatic carbocycles. The van der Waals surface area contributed by atoms with Crippen molar-refractivity contribution in [1.29, 1.82) is 0 Å². The third-order valence-corrected chi connectivity index (χ3v) is 2.24. The fourth-order valence-corrected chi connectivity index (χ4v) is 1.45. The molecule has 0 aliphatic carbocycles. The Morgan fingerprint density at radius 3 is 2.80 bits per heavy atom. The van der Waals surface area contributed by atoms with Crippen LogP contribution in [0, 0.1) is 12.8 Å². The minimum atomic E-state index is 0.525. The van der Waals surface area contributed by atoms with E-state index in [1.165, 1.54) is 0 Å². The fourth-order valence-electron chi connectivity index (χ4n) is 1.45. The van der Waals surface area contributed by atoms with Gasteiger partial charge < -0.3 is 10.2 Å². The molecule has 4 heteroatoms. The van der Waals surface area contributed by atoms with E-state index in [2.05, 4.69) is 23.8 Å². The Bertz CT molecular complexity index is 449. The number of nitrogens with zero attached hydrogens (tertiary/aromatic N) is 2. The van der Waals surface area contributed by atoms with E-state index in [1.54, 1.807) is 0 Å². The summed E-state index contributed by atoms with van der Waals surface area (Å²) in [6.07, 6.45) is 0.829. The normalized spacial score (nSPS) is 11.5. The highest BCUT2D eigenvalue weighted by Gasteiger charge is 2.10. The first-order valence-corrected chi connectivity index (χ1v) is 5.09. The summed E-state index contributed by atoms with van der Waals surface area (Å²) in [5.41, 5.74) is 8.52. The van der Waals surface area contributed by atoms with Gasteiger partial charge in [0.15, 0.2) is 5.89 Å². The van der Waals surface area contributed by atoms with Crippen molar-refractivity contribution in [2.24, 2.45) is 5.92 Å². The molecule has 0 spiro atoms. The van der Waals surface area contributed by atoms with Crippen LogP contribution >= 0.6 is 0 Å². The van der Waals surface area contributed by atoms with Crippen LogP contribution in [0.25, 0.3) is 11.2 Å². The summed E-state index contributed by atoms with van der Waals surface area (Å²) in [6, 6.07) is 1.81. The third kappa shape index (κ3) is 1.93. The van der Waals surface area contributed by atoms with Crippen molar-refractivity contribution in [3.8, 4) is 0 Å². The van der Waals surface area contributed by atoms with Gasteiger partial charge in [-0.05, 0) is 18.9 Å². The highest BCUT2D eigenvalue weighted by Crippen LogP contribution is 2.19. The molecule has 0 bridgehead atoms. The number of aryl methyl sites for hydroxylation is 1. The average molecular weight is 205 g/mol. The van der Waals surface area contributed by atoms with Crippen molar-refractivity contribution < 1.29 is 4.42 Å². The minimum absolute atomic E-state index is 0.525. The van der Waals surface area contributed by atoms with Crippen LogP contribution in [0.5, 0.6) is 0 Å². The van der Waals surface area contributed by atoms with E-state index in [0.29, 0.717) is 17.3 Å². The number of oxazole rings is 1. The minimum Gasteiger partial charge on any atom is -0.422 e. The summed E-state index contributed by atoms with van der Waals surface area (Å²) in [4.78, 5) is 8.59.